The number of aromatic hydroxyl groups is 1. The first-order valence-corrected chi connectivity index (χ1v) is 11.8. The third-order valence-electron chi connectivity index (χ3n) is 5.48. The Hall–Kier alpha value is -3.53. The van der Waals surface area contributed by atoms with E-state index in [1.807, 2.05) is 32.6 Å². The lowest BCUT2D eigenvalue weighted by Gasteiger charge is -2.26. The average Bonchev–Trinajstić information content (AvgIpc) is 2.80. The van der Waals surface area contributed by atoms with Crippen LogP contribution in [0.3, 0.4) is 0 Å². The summed E-state index contributed by atoms with van der Waals surface area (Å²) >= 11 is 0. The molecular weight excluding hydrogens is 491 g/mol. The highest BCUT2D eigenvalue weighted by atomic mass is 19.4. The van der Waals surface area contributed by atoms with E-state index in [2.05, 4.69) is 4.74 Å². The van der Waals surface area contributed by atoms with Gasteiger partial charge >= 0.3 is 12.1 Å². The number of phenolic OH excluding ortho intramolecular Hbond substituents is 1. The van der Waals surface area contributed by atoms with Crippen LogP contribution in [-0.2, 0) is 17.5 Å². The Labute approximate surface area is 212 Å². The number of halogens is 3. The van der Waals surface area contributed by atoms with Gasteiger partial charge in [0, 0.05) is 19.6 Å². The minimum atomic E-state index is -5.06. The molecule has 0 spiro atoms. The van der Waals surface area contributed by atoms with Crippen LogP contribution in [-0.4, -0.2) is 36.2 Å². The molecule has 0 amide bonds. The topological polar surface area (TPSA) is 89.2 Å². The Kier molecular flexibility index (Phi) is 8.53. The van der Waals surface area contributed by atoms with Crippen LogP contribution in [0.2, 0.25) is 0 Å². The van der Waals surface area contributed by atoms with E-state index in [1.165, 1.54) is 43.5 Å². The van der Waals surface area contributed by atoms with Crippen molar-refractivity contribution in [1.29, 1.82) is 0 Å². The normalized spacial score (nSPS) is 12.1. The second-order valence-electron chi connectivity index (χ2n) is 9.63. The number of methoxy groups -OCH3 is 1. The number of hydrogen-bond donors (Lipinski definition) is 1. The van der Waals surface area contributed by atoms with E-state index in [1.54, 1.807) is 0 Å². The monoisotopic (exact) mass is 521 g/mol. The molecule has 0 aliphatic carbocycles. The number of nitrogens with zero attached hydrogens (tertiary/aromatic N) is 1. The van der Waals surface area contributed by atoms with E-state index < -0.39 is 29.1 Å². The Balaban J connectivity index is 2.15. The lowest BCUT2D eigenvalue weighted by molar-refractivity contribution is -0.154. The molecule has 0 radical (unpaired) electrons. The van der Waals surface area contributed by atoms with E-state index in [-0.39, 0.29) is 52.0 Å². The number of hydrogen-bond acceptors (Lipinski definition) is 7. The molecule has 7 nitrogen and oxygen atoms in total. The van der Waals surface area contributed by atoms with E-state index in [9.17, 15) is 27.9 Å². The third-order valence-corrected chi connectivity index (χ3v) is 5.48. The summed E-state index contributed by atoms with van der Waals surface area (Å²) in [5.74, 6) is -3.14. The molecule has 1 N–H and O–H groups in total. The summed E-state index contributed by atoms with van der Waals surface area (Å²) in [5, 5.41) is 10.4. The smallest absolute Gasteiger partial charge is 0.453 e. The molecule has 0 saturated carbocycles. The Morgan fingerprint density at radius 1 is 1.03 bits per heavy atom. The van der Waals surface area contributed by atoms with Crippen molar-refractivity contribution in [3.63, 3.8) is 0 Å². The van der Waals surface area contributed by atoms with Gasteiger partial charge in [0.25, 0.3) is 5.76 Å². The number of ether oxygens (including phenoxy) is 2. The third kappa shape index (κ3) is 6.62. The molecule has 37 heavy (non-hydrogen) atoms. The molecule has 0 aliphatic heterocycles. The van der Waals surface area contributed by atoms with Crippen molar-refractivity contribution < 1.29 is 37.0 Å². The summed E-state index contributed by atoms with van der Waals surface area (Å²) in [4.78, 5) is 26.9. The number of alkyl halides is 3. The van der Waals surface area contributed by atoms with Crippen LogP contribution in [0.4, 0.5) is 13.2 Å². The lowest BCUT2D eigenvalue weighted by Crippen LogP contribution is -2.31. The molecule has 0 saturated heterocycles. The van der Waals surface area contributed by atoms with E-state index in [0.717, 1.165) is 0 Å². The van der Waals surface area contributed by atoms with Crippen molar-refractivity contribution in [2.45, 2.75) is 40.4 Å². The molecule has 1 heterocycles. The quantitative estimate of drug-likeness (QED) is 0.335. The second-order valence-corrected chi connectivity index (χ2v) is 9.63. The fourth-order valence-electron chi connectivity index (χ4n) is 4.07. The Bertz CT molecular complexity index is 1300. The van der Waals surface area contributed by atoms with Gasteiger partial charge in [0.15, 0.2) is 0 Å². The van der Waals surface area contributed by atoms with Crippen LogP contribution >= 0.6 is 0 Å². The second kappa shape index (κ2) is 11.2. The van der Waals surface area contributed by atoms with Crippen molar-refractivity contribution in [1.82, 2.24) is 4.90 Å². The first-order valence-electron chi connectivity index (χ1n) is 11.8. The molecule has 2 aromatic carbocycles. The summed E-state index contributed by atoms with van der Waals surface area (Å²) in [7, 11) is 1.19. The molecular formula is C27H30F3NO6. The number of fused-ring (bicyclic) bond motifs is 1. The van der Waals surface area contributed by atoms with Gasteiger partial charge in [-0.1, -0.05) is 27.7 Å². The summed E-state index contributed by atoms with van der Waals surface area (Å²) in [5.41, 5.74) is -1.13. The van der Waals surface area contributed by atoms with Gasteiger partial charge in [-0.2, -0.15) is 13.2 Å². The maximum Gasteiger partial charge on any atom is 0.453 e. The van der Waals surface area contributed by atoms with Crippen LogP contribution in [0.5, 0.6) is 17.2 Å². The molecule has 1 aromatic heterocycles. The number of phenols is 1. The molecule has 0 unspecified atom stereocenters. The predicted octanol–water partition coefficient (Wildman–Crippen LogP) is 6.21. The van der Waals surface area contributed by atoms with E-state index in [0.29, 0.717) is 13.1 Å². The Morgan fingerprint density at radius 2 is 1.62 bits per heavy atom. The lowest BCUT2D eigenvalue weighted by atomic mass is 10.1. The SMILES string of the molecule is COC(=O)c1ccc(Oc2c(C(F)(F)F)oc3c(CN(CC(C)C)CC(C)C)c(O)ccc3c2=O)cc1. The number of carbonyl (C=O) groups is 1. The summed E-state index contributed by atoms with van der Waals surface area (Å²) in [6.07, 6.45) is -5.06. The first kappa shape index (κ1) is 28.0. The van der Waals surface area contributed by atoms with Crippen molar-refractivity contribution in [2.24, 2.45) is 11.8 Å². The summed E-state index contributed by atoms with van der Waals surface area (Å²) in [6.45, 7) is 9.41. The van der Waals surface area contributed by atoms with Crippen molar-refractivity contribution in [3.8, 4) is 17.2 Å². The molecule has 3 aromatic rings. The summed E-state index contributed by atoms with van der Waals surface area (Å²) in [6, 6.07) is 7.56. The van der Waals surface area contributed by atoms with Gasteiger partial charge in [0.05, 0.1) is 23.6 Å². The zero-order valence-corrected chi connectivity index (χ0v) is 21.3. The van der Waals surface area contributed by atoms with Gasteiger partial charge in [0.1, 0.15) is 17.1 Å². The predicted molar refractivity (Wildman–Crippen MR) is 132 cm³/mol. The molecule has 0 atom stereocenters. The number of rotatable bonds is 9. The number of carbonyl (C=O) groups excluding carboxylic acids is 1. The molecule has 3 rings (SSSR count). The van der Waals surface area contributed by atoms with Gasteiger partial charge < -0.3 is 19.0 Å². The largest absolute Gasteiger partial charge is 0.507 e. The van der Waals surface area contributed by atoms with Crippen molar-refractivity contribution in [3.05, 3.63) is 63.5 Å². The summed E-state index contributed by atoms with van der Waals surface area (Å²) < 4.78 is 57.4. The zero-order chi connectivity index (χ0) is 27.5. The standard InChI is InChI=1S/C27H30F3NO6/c1-15(2)12-31(13-16(3)4)14-20-21(32)11-10-19-22(33)24(25(27(28,29)30)37-23(19)20)36-18-8-6-17(7-9-18)26(34)35-5/h6-11,15-16,32H,12-14H2,1-5H3. The van der Waals surface area contributed by atoms with Gasteiger partial charge in [0.2, 0.25) is 11.2 Å². The maximum absolute atomic E-state index is 14.1. The first-order chi connectivity index (χ1) is 17.3. The maximum atomic E-state index is 14.1. The minimum Gasteiger partial charge on any atom is -0.507 e. The fourth-order valence-corrected chi connectivity index (χ4v) is 4.07. The minimum absolute atomic E-state index is 0.0922. The highest BCUT2D eigenvalue weighted by molar-refractivity contribution is 5.89. The highest BCUT2D eigenvalue weighted by Gasteiger charge is 2.41. The molecule has 0 bridgehead atoms. The van der Waals surface area contributed by atoms with Crippen LogP contribution in [0.15, 0.2) is 45.6 Å². The van der Waals surface area contributed by atoms with Crippen molar-refractivity contribution in [2.75, 3.05) is 20.2 Å². The van der Waals surface area contributed by atoms with Crippen LogP contribution in [0.25, 0.3) is 11.0 Å². The molecule has 10 heteroatoms. The van der Waals surface area contributed by atoms with Gasteiger partial charge in [-0.05, 0) is 48.2 Å². The number of benzene rings is 2. The fraction of sp³-hybridized carbons (Fsp3) is 0.407. The van der Waals surface area contributed by atoms with Gasteiger partial charge in [-0.25, -0.2) is 4.79 Å². The average molecular weight is 522 g/mol. The van der Waals surface area contributed by atoms with E-state index >= 15 is 0 Å². The van der Waals surface area contributed by atoms with Crippen LogP contribution < -0.4 is 10.2 Å². The molecule has 200 valence electrons. The van der Waals surface area contributed by atoms with Gasteiger partial charge in [-0.15, -0.1) is 0 Å². The van der Waals surface area contributed by atoms with Crippen LogP contribution in [0, 0.1) is 11.8 Å². The van der Waals surface area contributed by atoms with Crippen LogP contribution in [0.1, 0.15) is 49.4 Å². The highest BCUT2D eigenvalue weighted by Crippen LogP contribution is 2.40. The van der Waals surface area contributed by atoms with Crippen molar-refractivity contribution >= 4 is 16.9 Å². The molecule has 0 fully saturated rings. The number of esters is 1. The zero-order valence-electron chi connectivity index (χ0n) is 21.3. The van der Waals surface area contributed by atoms with Gasteiger partial charge in [-0.3, -0.25) is 9.69 Å². The molecule has 0 aliphatic rings. The van der Waals surface area contributed by atoms with E-state index in [4.69, 9.17) is 9.15 Å². The Morgan fingerprint density at radius 3 is 2.14 bits per heavy atom.